The second-order valence-electron chi connectivity index (χ2n) is 4.15. The van der Waals surface area contributed by atoms with Crippen molar-refractivity contribution >= 4 is 17.3 Å². The van der Waals surface area contributed by atoms with E-state index >= 15 is 0 Å². The lowest BCUT2D eigenvalue weighted by Crippen LogP contribution is -2.12. The number of carbonyl (C=O) groups excluding carboxylic acids is 1. The highest BCUT2D eigenvalue weighted by Crippen LogP contribution is 2.38. The van der Waals surface area contributed by atoms with Gasteiger partial charge in [0, 0.05) is 25.4 Å². The number of anilines is 2. The first-order valence-corrected chi connectivity index (χ1v) is 5.62. The molecule has 0 atom stereocenters. The van der Waals surface area contributed by atoms with Gasteiger partial charge in [0.2, 0.25) is 6.79 Å². The minimum Gasteiger partial charge on any atom is -0.454 e. The van der Waals surface area contributed by atoms with Crippen LogP contribution in [0.1, 0.15) is 10.4 Å². The number of aryl methyl sites for hydroxylation is 1. The average Bonchev–Trinajstić information content (AvgIpc) is 2.98. The van der Waals surface area contributed by atoms with Crippen LogP contribution in [0.15, 0.2) is 24.5 Å². The lowest BCUT2D eigenvalue weighted by Gasteiger charge is -2.08. The molecule has 2 heterocycles. The molecule has 19 heavy (non-hydrogen) atoms. The van der Waals surface area contributed by atoms with E-state index in [4.69, 9.17) is 15.2 Å². The quantitative estimate of drug-likeness (QED) is 0.785. The number of nitrogens with two attached hydrogens (primary N) is 1. The Kier molecular flexibility index (Phi) is 2.52. The molecule has 2 aromatic rings. The predicted octanol–water partition coefficient (Wildman–Crippen LogP) is 0.983. The van der Waals surface area contributed by atoms with Gasteiger partial charge in [0.15, 0.2) is 11.5 Å². The SMILES string of the molecule is Cn1cc(C(=O)Nc2cc3c(cc2N)OCO3)cn1. The molecule has 0 aliphatic carbocycles. The summed E-state index contributed by atoms with van der Waals surface area (Å²) < 4.78 is 12.0. The summed E-state index contributed by atoms with van der Waals surface area (Å²) in [4.78, 5) is 12.0. The van der Waals surface area contributed by atoms with Crippen LogP contribution in [-0.2, 0) is 7.05 Å². The first kappa shape index (κ1) is 11.4. The van der Waals surface area contributed by atoms with Crippen LogP contribution in [0.4, 0.5) is 11.4 Å². The first-order valence-electron chi connectivity index (χ1n) is 5.62. The number of hydrogen-bond acceptors (Lipinski definition) is 5. The Labute approximate surface area is 108 Å². The zero-order valence-corrected chi connectivity index (χ0v) is 10.2. The fraction of sp³-hybridized carbons (Fsp3) is 0.167. The van der Waals surface area contributed by atoms with Crippen LogP contribution in [0.3, 0.4) is 0 Å². The maximum atomic E-state index is 12.0. The van der Waals surface area contributed by atoms with Crippen molar-refractivity contribution < 1.29 is 14.3 Å². The number of ether oxygens (including phenoxy) is 2. The highest BCUT2D eigenvalue weighted by molar-refractivity contribution is 6.05. The minimum atomic E-state index is -0.279. The van der Waals surface area contributed by atoms with Gasteiger partial charge in [-0.25, -0.2) is 0 Å². The molecule has 0 unspecified atom stereocenters. The molecule has 0 fully saturated rings. The molecular formula is C12H12N4O3. The summed E-state index contributed by atoms with van der Waals surface area (Å²) in [5.41, 5.74) is 7.21. The molecule has 3 rings (SSSR count). The third kappa shape index (κ3) is 2.05. The second-order valence-corrected chi connectivity index (χ2v) is 4.15. The molecule has 1 aliphatic heterocycles. The van der Waals surface area contributed by atoms with Gasteiger partial charge < -0.3 is 20.5 Å². The summed E-state index contributed by atoms with van der Waals surface area (Å²) in [5.74, 6) is 0.867. The maximum Gasteiger partial charge on any atom is 0.258 e. The van der Waals surface area contributed by atoms with Crippen LogP contribution in [0, 0.1) is 0 Å². The normalized spacial score (nSPS) is 12.5. The second kappa shape index (κ2) is 4.20. The summed E-state index contributed by atoms with van der Waals surface area (Å²) in [6, 6.07) is 3.27. The highest BCUT2D eigenvalue weighted by Gasteiger charge is 2.18. The van der Waals surface area contributed by atoms with Crippen molar-refractivity contribution in [1.82, 2.24) is 9.78 Å². The van der Waals surface area contributed by atoms with E-state index in [0.29, 0.717) is 28.4 Å². The molecule has 3 N–H and O–H groups in total. The molecule has 1 amide bonds. The van der Waals surface area contributed by atoms with Crippen LogP contribution in [0.2, 0.25) is 0 Å². The van der Waals surface area contributed by atoms with Crippen molar-refractivity contribution in [1.29, 1.82) is 0 Å². The van der Waals surface area contributed by atoms with Crippen LogP contribution < -0.4 is 20.5 Å². The van der Waals surface area contributed by atoms with Gasteiger partial charge in [-0.3, -0.25) is 9.48 Å². The number of fused-ring (bicyclic) bond motifs is 1. The van der Waals surface area contributed by atoms with E-state index in [1.165, 1.54) is 6.20 Å². The molecule has 7 nitrogen and oxygen atoms in total. The van der Waals surface area contributed by atoms with E-state index in [2.05, 4.69) is 10.4 Å². The zero-order chi connectivity index (χ0) is 13.4. The van der Waals surface area contributed by atoms with Crippen molar-refractivity contribution in [2.45, 2.75) is 0 Å². The third-order valence-corrected chi connectivity index (χ3v) is 2.76. The Morgan fingerprint density at radius 1 is 1.42 bits per heavy atom. The average molecular weight is 260 g/mol. The summed E-state index contributed by atoms with van der Waals surface area (Å²) in [7, 11) is 1.74. The largest absolute Gasteiger partial charge is 0.454 e. The number of nitrogens with one attached hydrogen (secondary N) is 1. The molecule has 1 aromatic heterocycles. The van der Waals surface area contributed by atoms with Crippen molar-refractivity contribution in [3.05, 3.63) is 30.1 Å². The molecule has 1 aromatic carbocycles. The van der Waals surface area contributed by atoms with E-state index < -0.39 is 0 Å². The Hall–Kier alpha value is -2.70. The lowest BCUT2D eigenvalue weighted by molar-refractivity contribution is 0.102. The van der Waals surface area contributed by atoms with Gasteiger partial charge in [-0.05, 0) is 0 Å². The summed E-state index contributed by atoms with van der Waals surface area (Å²) in [6.07, 6.45) is 3.11. The molecule has 1 aliphatic rings. The van der Waals surface area contributed by atoms with Crippen molar-refractivity contribution in [2.75, 3.05) is 17.8 Å². The molecule has 0 radical (unpaired) electrons. The summed E-state index contributed by atoms with van der Waals surface area (Å²) in [5, 5.41) is 6.66. The smallest absolute Gasteiger partial charge is 0.258 e. The van der Waals surface area contributed by atoms with Gasteiger partial charge in [0.05, 0.1) is 23.1 Å². The highest BCUT2D eigenvalue weighted by atomic mass is 16.7. The van der Waals surface area contributed by atoms with Gasteiger partial charge in [-0.2, -0.15) is 5.10 Å². The third-order valence-electron chi connectivity index (χ3n) is 2.76. The van der Waals surface area contributed by atoms with E-state index in [1.807, 2.05) is 0 Å². The van der Waals surface area contributed by atoms with Crippen LogP contribution in [0.25, 0.3) is 0 Å². The van der Waals surface area contributed by atoms with E-state index in [9.17, 15) is 4.79 Å². The molecule has 98 valence electrons. The van der Waals surface area contributed by atoms with Gasteiger partial charge in [0.1, 0.15) is 0 Å². The number of benzene rings is 1. The van der Waals surface area contributed by atoms with Crippen LogP contribution >= 0.6 is 0 Å². The van der Waals surface area contributed by atoms with Crippen molar-refractivity contribution in [3.63, 3.8) is 0 Å². The molecule has 0 saturated heterocycles. The molecular weight excluding hydrogens is 248 g/mol. The number of rotatable bonds is 2. The Bertz CT molecular complexity index is 650. The van der Waals surface area contributed by atoms with Crippen LogP contribution in [-0.4, -0.2) is 22.5 Å². The number of amides is 1. The number of nitrogen functional groups attached to an aromatic ring is 1. The van der Waals surface area contributed by atoms with Gasteiger partial charge >= 0.3 is 0 Å². The van der Waals surface area contributed by atoms with Gasteiger partial charge in [0.25, 0.3) is 5.91 Å². The monoisotopic (exact) mass is 260 g/mol. The lowest BCUT2D eigenvalue weighted by atomic mass is 10.2. The van der Waals surface area contributed by atoms with E-state index in [1.54, 1.807) is 30.1 Å². The standard InChI is InChI=1S/C12H12N4O3/c1-16-5-7(4-14-16)12(17)15-9-3-11-10(2-8(9)13)18-6-19-11/h2-5H,6,13H2,1H3,(H,15,17). The topological polar surface area (TPSA) is 91.4 Å². The predicted molar refractivity (Wildman–Crippen MR) is 68.1 cm³/mol. The summed E-state index contributed by atoms with van der Waals surface area (Å²) >= 11 is 0. The van der Waals surface area contributed by atoms with Crippen molar-refractivity contribution in [3.8, 4) is 11.5 Å². The molecule has 0 bridgehead atoms. The van der Waals surface area contributed by atoms with Crippen molar-refractivity contribution in [2.24, 2.45) is 7.05 Å². The first-order chi connectivity index (χ1) is 9.13. The Morgan fingerprint density at radius 3 is 2.84 bits per heavy atom. The number of carbonyl (C=O) groups is 1. The van der Waals surface area contributed by atoms with E-state index in [-0.39, 0.29) is 12.7 Å². The maximum absolute atomic E-state index is 12.0. The zero-order valence-electron chi connectivity index (χ0n) is 10.2. The van der Waals surface area contributed by atoms with Gasteiger partial charge in [-0.15, -0.1) is 0 Å². The van der Waals surface area contributed by atoms with Gasteiger partial charge in [-0.1, -0.05) is 0 Å². The minimum absolute atomic E-state index is 0.161. The van der Waals surface area contributed by atoms with E-state index in [0.717, 1.165) is 0 Å². The molecule has 0 saturated carbocycles. The Morgan fingerprint density at radius 2 is 2.16 bits per heavy atom. The number of nitrogens with zero attached hydrogens (tertiary/aromatic N) is 2. The molecule has 0 spiro atoms. The number of hydrogen-bond donors (Lipinski definition) is 2. The fourth-order valence-electron chi connectivity index (χ4n) is 1.80. The Balaban J connectivity index is 1.85. The fourth-order valence-corrected chi connectivity index (χ4v) is 1.80. The van der Waals surface area contributed by atoms with Crippen LogP contribution in [0.5, 0.6) is 11.5 Å². The molecule has 7 heteroatoms. The number of aromatic nitrogens is 2. The summed E-state index contributed by atoms with van der Waals surface area (Å²) in [6.45, 7) is 0.161.